The van der Waals surface area contributed by atoms with Crippen molar-refractivity contribution in [3.05, 3.63) is 29.3 Å². The van der Waals surface area contributed by atoms with Crippen molar-refractivity contribution >= 4 is 23.3 Å². The van der Waals surface area contributed by atoms with Gasteiger partial charge in [0.2, 0.25) is 0 Å². The lowest BCUT2D eigenvalue weighted by Gasteiger charge is -2.39. The number of carboxylic acids is 1. The van der Waals surface area contributed by atoms with E-state index in [-0.39, 0.29) is 0 Å². The number of carbonyl (C=O) groups is 1. The summed E-state index contributed by atoms with van der Waals surface area (Å²) in [7, 11) is 1.93. The molecule has 2 rings (SSSR count). The van der Waals surface area contributed by atoms with Crippen molar-refractivity contribution in [3.63, 3.8) is 0 Å². The molecular formula is C12H15ClN2O2. The minimum atomic E-state index is -0.809. The highest BCUT2D eigenvalue weighted by atomic mass is 35.5. The summed E-state index contributed by atoms with van der Waals surface area (Å²) in [5, 5.41) is 9.87. The first-order valence-electron chi connectivity index (χ1n) is 5.52. The Morgan fingerprint density at radius 3 is 2.76 bits per heavy atom. The van der Waals surface area contributed by atoms with Crippen LogP contribution in [0.5, 0.6) is 0 Å². The summed E-state index contributed by atoms with van der Waals surface area (Å²) in [6, 6.07) is 6.84. The quantitative estimate of drug-likeness (QED) is 0.870. The molecule has 92 valence electrons. The number of anilines is 1. The van der Waals surface area contributed by atoms with E-state index in [4.69, 9.17) is 11.6 Å². The molecule has 0 bridgehead atoms. The topological polar surface area (TPSA) is 43.8 Å². The summed E-state index contributed by atoms with van der Waals surface area (Å²) in [4.78, 5) is 15.2. The van der Waals surface area contributed by atoms with E-state index in [1.807, 2.05) is 35.0 Å². The van der Waals surface area contributed by atoms with Gasteiger partial charge in [0.25, 0.3) is 0 Å². The zero-order valence-corrected chi connectivity index (χ0v) is 10.4. The molecule has 1 unspecified atom stereocenters. The van der Waals surface area contributed by atoms with Gasteiger partial charge in [-0.1, -0.05) is 23.7 Å². The lowest BCUT2D eigenvalue weighted by molar-refractivity contribution is -0.139. The van der Waals surface area contributed by atoms with Crippen LogP contribution < -0.4 is 4.90 Å². The molecule has 1 aromatic carbocycles. The van der Waals surface area contributed by atoms with E-state index < -0.39 is 12.0 Å². The first-order chi connectivity index (χ1) is 8.09. The largest absolute Gasteiger partial charge is 0.480 e. The molecule has 4 nitrogen and oxygen atoms in total. The van der Waals surface area contributed by atoms with Crippen molar-refractivity contribution < 1.29 is 9.90 Å². The van der Waals surface area contributed by atoms with Crippen LogP contribution in [0.3, 0.4) is 0 Å². The van der Waals surface area contributed by atoms with E-state index in [0.717, 1.165) is 12.2 Å². The zero-order chi connectivity index (χ0) is 12.4. The standard InChI is InChI=1S/C12H15ClN2O2/c1-14-6-7-15(11(8-14)12(16)17)10-5-3-2-4-9(10)13/h2-5,11H,6-8H2,1H3,(H,16,17). The number of carboxylic acid groups (broad SMARTS) is 1. The van der Waals surface area contributed by atoms with Crippen molar-refractivity contribution in [2.45, 2.75) is 6.04 Å². The van der Waals surface area contributed by atoms with Gasteiger partial charge in [0, 0.05) is 19.6 Å². The van der Waals surface area contributed by atoms with Crippen LogP contribution in [0.1, 0.15) is 0 Å². The predicted molar refractivity (Wildman–Crippen MR) is 67.7 cm³/mol. The average molecular weight is 255 g/mol. The maximum Gasteiger partial charge on any atom is 0.327 e. The van der Waals surface area contributed by atoms with Crippen LogP contribution in [0.4, 0.5) is 5.69 Å². The van der Waals surface area contributed by atoms with Crippen LogP contribution in [0.25, 0.3) is 0 Å². The molecule has 0 amide bonds. The number of para-hydroxylation sites is 1. The molecule has 1 aliphatic heterocycles. The third-order valence-electron chi connectivity index (χ3n) is 3.03. The van der Waals surface area contributed by atoms with Gasteiger partial charge in [0.15, 0.2) is 0 Å². The molecule has 1 fully saturated rings. The molecule has 0 radical (unpaired) electrons. The molecule has 0 spiro atoms. The highest BCUT2D eigenvalue weighted by Crippen LogP contribution is 2.28. The Balaban J connectivity index is 2.30. The molecule has 17 heavy (non-hydrogen) atoms. The molecule has 1 aromatic rings. The maximum atomic E-state index is 11.3. The van der Waals surface area contributed by atoms with Gasteiger partial charge in [-0.15, -0.1) is 0 Å². The Hall–Kier alpha value is -1.26. The minimum Gasteiger partial charge on any atom is -0.480 e. The summed E-state index contributed by atoms with van der Waals surface area (Å²) in [6.45, 7) is 2.03. The van der Waals surface area contributed by atoms with Crippen molar-refractivity contribution in [2.75, 3.05) is 31.6 Å². The van der Waals surface area contributed by atoms with Crippen LogP contribution in [-0.4, -0.2) is 48.7 Å². The van der Waals surface area contributed by atoms with Crippen LogP contribution in [0.2, 0.25) is 5.02 Å². The minimum absolute atomic E-state index is 0.514. The number of piperazine rings is 1. The third kappa shape index (κ3) is 2.53. The molecule has 0 aliphatic carbocycles. The second-order valence-corrected chi connectivity index (χ2v) is 4.67. The van der Waals surface area contributed by atoms with Crippen molar-refractivity contribution in [3.8, 4) is 0 Å². The SMILES string of the molecule is CN1CCN(c2ccccc2Cl)C(C(=O)O)C1. The van der Waals surface area contributed by atoms with Crippen LogP contribution >= 0.6 is 11.6 Å². The molecule has 1 atom stereocenters. The van der Waals surface area contributed by atoms with Gasteiger partial charge in [0.1, 0.15) is 6.04 Å². The first-order valence-corrected chi connectivity index (χ1v) is 5.90. The monoisotopic (exact) mass is 254 g/mol. The number of halogens is 1. The molecule has 1 saturated heterocycles. The van der Waals surface area contributed by atoms with E-state index in [0.29, 0.717) is 18.1 Å². The maximum absolute atomic E-state index is 11.3. The molecule has 1 aliphatic rings. The fraction of sp³-hybridized carbons (Fsp3) is 0.417. The number of hydrogen-bond acceptors (Lipinski definition) is 3. The number of likely N-dealkylation sites (N-methyl/N-ethyl adjacent to an activating group) is 1. The highest BCUT2D eigenvalue weighted by molar-refractivity contribution is 6.33. The second kappa shape index (κ2) is 4.94. The van der Waals surface area contributed by atoms with Gasteiger partial charge in [-0.05, 0) is 19.2 Å². The Morgan fingerprint density at radius 1 is 1.41 bits per heavy atom. The van der Waals surface area contributed by atoms with Gasteiger partial charge >= 0.3 is 5.97 Å². The van der Waals surface area contributed by atoms with Gasteiger partial charge < -0.3 is 14.9 Å². The Labute approximate surface area is 105 Å². The number of benzene rings is 1. The summed E-state index contributed by atoms with van der Waals surface area (Å²) in [5.41, 5.74) is 0.801. The Kier molecular flexibility index (Phi) is 3.54. The first kappa shape index (κ1) is 12.2. The van der Waals surface area contributed by atoms with E-state index >= 15 is 0 Å². The average Bonchev–Trinajstić information content (AvgIpc) is 2.30. The third-order valence-corrected chi connectivity index (χ3v) is 3.35. The summed E-state index contributed by atoms with van der Waals surface area (Å²) in [6.07, 6.45) is 0. The zero-order valence-electron chi connectivity index (χ0n) is 9.64. The van der Waals surface area contributed by atoms with E-state index in [2.05, 4.69) is 0 Å². The van der Waals surface area contributed by atoms with Crippen LogP contribution in [-0.2, 0) is 4.79 Å². The summed E-state index contributed by atoms with van der Waals surface area (Å²) < 4.78 is 0. The molecule has 1 N–H and O–H groups in total. The van der Waals surface area contributed by atoms with Gasteiger partial charge in [-0.2, -0.15) is 0 Å². The van der Waals surface area contributed by atoms with Crippen molar-refractivity contribution in [2.24, 2.45) is 0 Å². The van der Waals surface area contributed by atoms with Gasteiger partial charge in [0.05, 0.1) is 10.7 Å². The summed E-state index contributed by atoms with van der Waals surface area (Å²) >= 11 is 6.12. The number of aliphatic carboxylic acids is 1. The normalized spacial score (nSPS) is 21.5. The van der Waals surface area contributed by atoms with Crippen molar-refractivity contribution in [1.82, 2.24) is 4.90 Å². The molecular weight excluding hydrogens is 240 g/mol. The predicted octanol–water partition coefficient (Wildman–Crippen LogP) is 1.54. The fourth-order valence-electron chi connectivity index (χ4n) is 2.10. The lowest BCUT2D eigenvalue weighted by atomic mass is 10.1. The number of hydrogen-bond donors (Lipinski definition) is 1. The Bertz CT molecular complexity index is 425. The van der Waals surface area contributed by atoms with Gasteiger partial charge in [-0.25, -0.2) is 4.79 Å². The second-order valence-electron chi connectivity index (χ2n) is 4.26. The van der Waals surface area contributed by atoms with E-state index in [1.165, 1.54) is 0 Å². The van der Waals surface area contributed by atoms with E-state index in [1.54, 1.807) is 6.07 Å². The number of rotatable bonds is 2. The molecule has 0 aromatic heterocycles. The highest BCUT2D eigenvalue weighted by Gasteiger charge is 2.31. The fourth-order valence-corrected chi connectivity index (χ4v) is 2.35. The molecule has 0 saturated carbocycles. The van der Waals surface area contributed by atoms with Crippen LogP contribution in [0.15, 0.2) is 24.3 Å². The molecule has 5 heteroatoms. The molecule has 1 heterocycles. The Morgan fingerprint density at radius 2 is 2.12 bits per heavy atom. The lowest BCUT2D eigenvalue weighted by Crippen LogP contribution is -2.55. The van der Waals surface area contributed by atoms with Crippen molar-refractivity contribution in [1.29, 1.82) is 0 Å². The number of nitrogens with zero attached hydrogens (tertiary/aromatic N) is 2. The van der Waals surface area contributed by atoms with Crippen LogP contribution in [0, 0.1) is 0 Å². The van der Waals surface area contributed by atoms with Gasteiger partial charge in [-0.3, -0.25) is 0 Å². The van der Waals surface area contributed by atoms with E-state index in [9.17, 15) is 9.90 Å². The smallest absolute Gasteiger partial charge is 0.327 e. The summed E-state index contributed by atoms with van der Waals surface area (Å²) in [5.74, 6) is -0.809.